The Hall–Kier alpha value is -1.14. The molecule has 0 atom stereocenters. The Bertz CT molecular complexity index is 420. The number of morpholine rings is 1. The van der Waals surface area contributed by atoms with Crippen LogP contribution in [0.4, 0.5) is 11.9 Å². The predicted molar refractivity (Wildman–Crippen MR) is 69.1 cm³/mol. The third kappa shape index (κ3) is 2.64. The SMILES string of the molecule is Clc1nc(NC2CCC2)nc(N2CCOCC2)n1. The molecule has 0 aromatic carbocycles. The van der Waals surface area contributed by atoms with E-state index in [1.54, 1.807) is 0 Å². The smallest absolute Gasteiger partial charge is 0.231 e. The number of ether oxygens (including phenoxy) is 1. The molecule has 7 heteroatoms. The summed E-state index contributed by atoms with van der Waals surface area (Å²) in [5.74, 6) is 1.22. The summed E-state index contributed by atoms with van der Waals surface area (Å²) in [4.78, 5) is 14.8. The number of anilines is 2. The molecule has 3 rings (SSSR count). The minimum Gasteiger partial charge on any atom is -0.378 e. The van der Waals surface area contributed by atoms with Gasteiger partial charge in [-0.25, -0.2) is 0 Å². The van der Waals surface area contributed by atoms with Crippen molar-refractivity contribution in [1.82, 2.24) is 15.0 Å². The van der Waals surface area contributed by atoms with Crippen LogP contribution >= 0.6 is 11.6 Å². The highest BCUT2D eigenvalue weighted by Gasteiger charge is 2.20. The zero-order valence-corrected chi connectivity index (χ0v) is 10.9. The molecule has 0 amide bonds. The van der Waals surface area contributed by atoms with Crippen molar-refractivity contribution < 1.29 is 4.74 Å². The number of nitrogens with zero attached hydrogens (tertiary/aromatic N) is 4. The number of hydrogen-bond donors (Lipinski definition) is 1. The van der Waals surface area contributed by atoms with Crippen molar-refractivity contribution in [2.45, 2.75) is 25.3 Å². The highest BCUT2D eigenvalue weighted by Crippen LogP contribution is 2.23. The van der Waals surface area contributed by atoms with Crippen LogP contribution in [0.5, 0.6) is 0 Å². The number of aromatic nitrogens is 3. The molecule has 1 N–H and O–H groups in total. The Labute approximate surface area is 111 Å². The fraction of sp³-hybridized carbons (Fsp3) is 0.727. The second-order valence-corrected chi connectivity index (χ2v) is 4.94. The first-order chi connectivity index (χ1) is 8.81. The van der Waals surface area contributed by atoms with Crippen LogP contribution < -0.4 is 10.2 Å². The van der Waals surface area contributed by atoms with Crippen LogP contribution in [0.25, 0.3) is 0 Å². The topological polar surface area (TPSA) is 63.2 Å². The summed E-state index contributed by atoms with van der Waals surface area (Å²) < 4.78 is 5.31. The molecule has 2 fully saturated rings. The van der Waals surface area contributed by atoms with Crippen molar-refractivity contribution in [3.63, 3.8) is 0 Å². The van der Waals surface area contributed by atoms with Crippen molar-refractivity contribution in [1.29, 1.82) is 0 Å². The van der Waals surface area contributed by atoms with Gasteiger partial charge in [-0.15, -0.1) is 0 Å². The van der Waals surface area contributed by atoms with Gasteiger partial charge in [0.1, 0.15) is 0 Å². The Kier molecular flexibility index (Phi) is 3.47. The Morgan fingerprint density at radius 2 is 1.94 bits per heavy atom. The molecule has 1 saturated carbocycles. The third-order valence-corrected chi connectivity index (χ3v) is 3.50. The average molecular weight is 270 g/mol. The lowest BCUT2D eigenvalue weighted by Crippen LogP contribution is -2.37. The van der Waals surface area contributed by atoms with Gasteiger partial charge in [-0.1, -0.05) is 0 Å². The molecular formula is C11H16ClN5O. The van der Waals surface area contributed by atoms with E-state index in [4.69, 9.17) is 16.3 Å². The molecule has 0 spiro atoms. The van der Waals surface area contributed by atoms with E-state index >= 15 is 0 Å². The second kappa shape index (κ2) is 5.24. The number of rotatable bonds is 3. The third-order valence-electron chi connectivity index (χ3n) is 3.33. The lowest BCUT2D eigenvalue weighted by atomic mass is 9.93. The van der Waals surface area contributed by atoms with Gasteiger partial charge in [0, 0.05) is 19.1 Å². The van der Waals surface area contributed by atoms with E-state index in [1.807, 2.05) is 0 Å². The maximum absolute atomic E-state index is 5.95. The summed E-state index contributed by atoms with van der Waals surface area (Å²) in [6.07, 6.45) is 3.62. The first-order valence-corrected chi connectivity index (χ1v) is 6.70. The van der Waals surface area contributed by atoms with Crippen LogP contribution in [-0.2, 0) is 4.74 Å². The Morgan fingerprint density at radius 3 is 2.61 bits per heavy atom. The largest absolute Gasteiger partial charge is 0.378 e. The van der Waals surface area contributed by atoms with Crippen LogP contribution in [-0.4, -0.2) is 47.3 Å². The standard InChI is InChI=1S/C11H16ClN5O/c12-9-14-10(13-8-2-1-3-8)16-11(15-9)17-4-6-18-7-5-17/h8H,1-7H2,(H,13,14,15,16). The summed E-state index contributed by atoms with van der Waals surface area (Å²) in [7, 11) is 0. The van der Waals surface area contributed by atoms with Gasteiger partial charge in [0.2, 0.25) is 17.2 Å². The van der Waals surface area contributed by atoms with Gasteiger partial charge in [0.15, 0.2) is 0 Å². The molecule has 1 aromatic rings. The molecular weight excluding hydrogens is 254 g/mol. The minimum absolute atomic E-state index is 0.244. The molecule has 1 aliphatic heterocycles. The van der Waals surface area contributed by atoms with E-state index in [0.29, 0.717) is 31.2 Å². The van der Waals surface area contributed by atoms with E-state index in [2.05, 4.69) is 25.2 Å². The molecule has 2 aliphatic rings. The van der Waals surface area contributed by atoms with Gasteiger partial charge in [-0.3, -0.25) is 0 Å². The van der Waals surface area contributed by atoms with Crippen LogP contribution in [0.15, 0.2) is 0 Å². The molecule has 1 aliphatic carbocycles. The molecule has 6 nitrogen and oxygen atoms in total. The summed E-state index contributed by atoms with van der Waals surface area (Å²) in [6.45, 7) is 3.00. The zero-order chi connectivity index (χ0) is 12.4. The highest BCUT2D eigenvalue weighted by atomic mass is 35.5. The molecule has 98 valence electrons. The van der Waals surface area contributed by atoms with Gasteiger partial charge < -0.3 is 15.0 Å². The molecule has 0 unspecified atom stereocenters. The molecule has 2 heterocycles. The molecule has 0 bridgehead atoms. The summed E-state index contributed by atoms with van der Waals surface area (Å²) in [5.41, 5.74) is 0. The van der Waals surface area contributed by atoms with Crippen LogP contribution in [0.1, 0.15) is 19.3 Å². The average Bonchev–Trinajstić information content (AvgIpc) is 2.34. The first kappa shape index (κ1) is 11.9. The highest BCUT2D eigenvalue weighted by molar-refractivity contribution is 6.28. The van der Waals surface area contributed by atoms with Crippen molar-refractivity contribution >= 4 is 23.5 Å². The van der Waals surface area contributed by atoms with E-state index in [0.717, 1.165) is 13.1 Å². The van der Waals surface area contributed by atoms with Crippen molar-refractivity contribution in [2.75, 3.05) is 36.5 Å². The number of halogens is 1. The summed E-state index contributed by atoms with van der Waals surface area (Å²) >= 11 is 5.95. The van der Waals surface area contributed by atoms with Gasteiger partial charge >= 0.3 is 0 Å². The molecule has 0 radical (unpaired) electrons. The zero-order valence-electron chi connectivity index (χ0n) is 10.1. The fourth-order valence-electron chi connectivity index (χ4n) is 2.04. The first-order valence-electron chi connectivity index (χ1n) is 6.32. The quantitative estimate of drug-likeness (QED) is 0.893. The molecule has 1 saturated heterocycles. The monoisotopic (exact) mass is 269 g/mol. The van der Waals surface area contributed by atoms with E-state index in [1.165, 1.54) is 19.3 Å². The Morgan fingerprint density at radius 1 is 1.17 bits per heavy atom. The molecule has 18 heavy (non-hydrogen) atoms. The van der Waals surface area contributed by atoms with Crippen LogP contribution in [0.3, 0.4) is 0 Å². The van der Waals surface area contributed by atoms with Crippen LogP contribution in [0.2, 0.25) is 5.28 Å². The maximum Gasteiger partial charge on any atom is 0.231 e. The van der Waals surface area contributed by atoms with Gasteiger partial charge in [-0.2, -0.15) is 15.0 Å². The normalized spacial score (nSPS) is 20.6. The lowest BCUT2D eigenvalue weighted by molar-refractivity contribution is 0.122. The van der Waals surface area contributed by atoms with Crippen molar-refractivity contribution in [3.05, 3.63) is 5.28 Å². The second-order valence-electron chi connectivity index (χ2n) is 4.60. The van der Waals surface area contributed by atoms with Gasteiger partial charge in [0.25, 0.3) is 0 Å². The summed E-state index contributed by atoms with van der Waals surface area (Å²) in [5, 5.41) is 3.54. The number of hydrogen-bond acceptors (Lipinski definition) is 6. The van der Waals surface area contributed by atoms with E-state index < -0.39 is 0 Å². The predicted octanol–water partition coefficient (Wildman–Crippen LogP) is 1.33. The Balaban J connectivity index is 1.75. The lowest BCUT2D eigenvalue weighted by Gasteiger charge is -2.28. The van der Waals surface area contributed by atoms with Gasteiger partial charge in [-0.05, 0) is 30.9 Å². The van der Waals surface area contributed by atoms with Gasteiger partial charge in [0.05, 0.1) is 13.2 Å². The maximum atomic E-state index is 5.95. The molecule has 1 aromatic heterocycles. The van der Waals surface area contributed by atoms with Crippen molar-refractivity contribution in [3.8, 4) is 0 Å². The van der Waals surface area contributed by atoms with Crippen LogP contribution in [0, 0.1) is 0 Å². The van der Waals surface area contributed by atoms with E-state index in [-0.39, 0.29) is 5.28 Å². The van der Waals surface area contributed by atoms with Crippen molar-refractivity contribution in [2.24, 2.45) is 0 Å². The van der Waals surface area contributed by atoms with E-state index in [9.17, 15) is 0 Å². The minimum atomic E-state index is 0.244. The fourth-order valence-corrected chi connectivity index (χ4v) is 2.20. The number of nitrogens with one attached hydrogen (secondary N) is 1. The summed E-state index contributed by atoms with van der Waals surface area (Å²) in [6, 6.07) is 0.487.